The summed E-state index contributed by atoms with van der Waals surface area (Å²) < 4.78 is 0. The largest absolute Gasteiger partial charge is 0.480 e. The van der Waals surface area contributed by atoms with Crippen molar-refractivity contribution in [3.05, 3.63) is 36.0 Å². The first-order chi connectivity index (χ1) is 39.1. The zero-order valence-electron chi connectivity index (χ0n) is 47.2. The second-order valence-electron chi connectivity index (χ2n) is 20.1. The Balaban J connectivity index is 2.20. The molecule has 2 rings (SSSR count). The van der Waals surface area contributed by atoms with Gasteiger partial charge in [0.25, 0.3) is 0 Å². The average Bonchev–Trinajstić information content (AvgIpc) is 4.01. The van der Waals surface area contributed by atoms with Crippen LogP contribution < -0.4 is 76.1 Å². The number of aromatic nitrogens is 1. The van der Waals surface area contributed by atoms with Crippen molar-refractivity contribution in [1.29, 1.82) is 0 Å². The number of hydrogen-bond donors (Lipinski definition) is 19. The molecule has 0 spiro atoms. The number of benzene rings is 1. The summed E-state index contributed by atoms with van der Waals surface area (Å²) in [4.78, 5) is 164. The molecule has 1 aromatic carbocycles. The number of rotatable bonds is 37. The molecular weight excluding hydrogens is 1090 g/mol. The zero-order valence-corrected chi connectivity index (χ0v) is 47.2. The molecule has 1 aromatic heterocycles. The van der Waals surface area contributed by atoms with Gasteiger partial charge in [-0.1, -0.05) is 52.3 Å². The first kappa shape index (κ1) is 70.6. The molecule has 0 saturated heterocycles. The lowest BCUT2D eigenvalue weighted by atomic mass is 9.98. The Bertz CT molecular complexity index is 2610. The van der Waals surface area contributed by atoms with Gasteiger partial charge in [-0.25, -0.2) is 0 Å². The summed E-state index contributed by atoms with van der Waals surface area (Å²) in [6.45, 7) is 5.45. The van der Waals surface area contributed by atoms with Crippen molar-refractivity contribution in [2.24, 2.45) is 39.8 Å². The van der Waals surface area contributed by atoms with E-state index in [1.54, 1.807) is 58.2 Å². The van der Waals surface area contributed by atoms with Crippen LogP contribution in [-0.4, -0.2) is 196 Å². The normalized spacial score (nSPS) is 15.1. The summed E-state index contributed by atoms with van der Waals surface area (Å²) in [6, 6.07) is -7.71. The molecule has 0 saturated carbocycles. The summed E-state index contributed by atoms with van der Waals surface area (Å²) in [5, 5.41) is 64.2. The van der Waals surface area contributed by atoms with Crippen molar-refractivity contribution >= 4 is 87.8 Å². The molecule has 0 aliphatic heterocycles. The Kier molecular flexibility index (Phi) is 30.1. The highest BCUT2D eigenvalue weighted by atomic mass is 16.4. The number of nitrogens with zero attached hydrogens (tertiary/aromatic N) is 1. The molecule has 0 bridgehead atoms. The summed E-state index contributed by atoms with van der Waals surface area (Å²) in [5.74, 6) is -13.0. The summed E-state index contributed by atoms with van der Waals surface area (Å²) in [6.07, 6.45) is 1.33. The van der Waals surface area contributed by atoms with Crippen molar-refractivity contribution in [3.63, 3.8) is 0 Å². The first-order valence-corrected chi connectivity index (χ1v) is 26.8. The molecule has 32 heteroatoms. The van der Waals surface area contributed by atoms with Crippen LogP contribution in [0.2, 0.25) is 0 Å². The van der Waals surface area contributed by atoms with E-state index >= 15 is 0 Å². The zero-order chi connectivity index (χ0) is 62.7. The van der Waals surface area contributed by atoms with E-state index in [9.17, 15) is 78.0 Å². The van der Waals surface area contributed by atoms with Gasteiger partial charge in [0.1, 0.15) is 54.4 Å². The molecule has 11 amide bonds. The van der Waals surface area contributed by atoms with E-state index in [1.807, 2.05) is 0 Å². The van der Waals surface area contributed by atoms with E-state index in [1.165, 1.54) is 13.8 Å². The molecule has 23 N–H and O–H groups in total. The molecule has 83 heavy (non-hydrogen) atoms. The predicted octanol–water partition coefficient (Wildman–Crippen LogP) is -6.97. The van der Waals surface area contributed by atoms with E-state index in [0.717, 1.165) is 0 Å². The number of aliphatic hydroxyl groups excluding tert-OH is 3. The number of carbonyl (C=O) groups is 12. The summed E-state index contributed by atoms with van der Waals surface area (Å²) >= 11 is 0. The third kappa shape index (κ3) is 24.2. The lowest BCUT2D eigenvalue weighted by Gasteiger charge is -2.28. The molecule has 0 fully saturated rings. The second-order valence-corrected chi connectivity index (χ2v) is 20.1. The van der Waals surface area contributed by atoms with Gasteiger partial charge in [-0.2, -0.15) is 0 Å². The number of carboxylic acid groups (broad SMARTS) is 1. The van der Waals surface area contributed by atoms with Crippen LogP contribution in [-0.2, 0) is 64.0 Å². The van der Waals surface area contributed by atoms with Crippen LogP contribution in [0.4, 0.5) is 0 Å². The van der Waals surface area contributed by atoms with Crippen LogP contribution in [0.25, 0.3) is 10.9 Å². The maximum atomic E-state index is 14.0. The van der Waals surface area contributed by atoms with Crippen molar-refractivity contribution in [2.45, 2.75) is 147 Å². The van der Waals surface area contributed by atoms with Gasteiger partial charge < -0.3 is 102 Å². The maximum Gasteiger partial charge on any atom is 0.325 e. The van der Waals surface area contributed by atoms with Crippen LogP contribution in [0, 0.1) is 11.8 Å². The molecule has 2 aromatic rings. The Hall–Kier alpha value is -8.49. The monoisotopic (exact) mass is 1170 g/mol. The number of amides is 11. The van der Waals surface area contributed by atoms with Gasteiger partial charge in [0.2, 0.25) is 65.0 Å². The third-order valence-corrected chi connectivity index (χ3v) is 12.9. The van der Waals surface area contributed by atoms with E-state index < -0.39 is 176 Å². The van der Waals surface area contributed by atoms with Crippen LogP contribution in [0.15, 0.2) is 35.5 Å². The fourth-order valence-electron chi connectivity index (χ4n) is 7.85. The molecule has 0 aliphatic carbocycles. The maximum absolute atomic E-state index is 14.0. The number of hydrogen-bond acceptors (Lipinski definition) is 17. The van der Waals surface area contributed by atoms with Crippen LogP contribution in [0.3, 0.4) is 0 Å². The Morgan fingerprint density at radius 2 is 1.10 bits per heavy atom. The predicted molar refractivity (Wildman–Crippen MR) is 298 cm³/mol. The van der Waals surface area contributed by atoms with Crippen LogP contribution in [0.5, 0.6) is 0 Å². The number of carbonyl (C=O) groups excluding carboxylic acids is 11. The number of para-hydroxylation sites is 1. The van der Waals surface area contributed by atoms with Gasteiger partial charge in [0.15, 0.2) is 5.96 Å². The molecule has 11 atom stereocenters. The SMILES string of the molecule is CC[C@H](C)[C@H](NC(=O)CNC(=O)[C@H](CCC(N)=O)NC(=O)[C@H](CO)NC(=O)[C@H](C)NC(=O)[C@@H](N)CCCN=C(N)N)C(=O)N[C@@H](CO)C(=O)N[C@@H](CO)C(=O)N[C@@H](Cc1c[nH]c2ccccc12)C(=O)N[C@@H](CC(C)C)C(=O)N[C@@H](C)C(=O)O. The minimum absolute atomic E-state index is 0.0638. The number of aliphatic carboxylic acids is 1. The second kappa shape index (κ2) is 35.4. The number of fused-ring (bicyclic) bond motifs is 1. The lowest BCUT2D eigenvalue weighted by molar-refractivity contribution is -0.142. The standard InChI is InChI=1S/C51H82N16O16/c1-7-25(4)40(67-39(72)20-58-43(75)32(14-15-38(53)71)61-46(78)35(21-68)64-41(73)26(5)59-42(74)30(52)12-10-16-56-51(54)55)49(81)66-37(23-70)48(80)65-36(22-69)47(79)63-34(18-28-19-57-31-13-9-8-11-29(28)31)45(77)62-33(17-24(2)3)44(76)60-27(6)50(82)83/h8-9,11,13,19,24-27,30,32-37,40,57,68-70H,7,10,12,14-18,20-23,52H2,1-6H3,(H2,53,71)(H,58,75)(H,59,74)(H,60,76)(H,61,78)(H,62,77)(H,63,79)(H,64,73)(H,65,80)(H,66,81)(H,67,72)(H,82,83)(H4,54,55,56)/t25-,26-,27-,30-,32-,33-,34-,35-,36-,37-,40-/m0/s1. The van der Waals surface area contributed by atoms with Crippen molar-refractivity contribution < 1.29 is 78.0 Å². The van der Waals surface area contributed by atoms with Gasteiger partial charge >= 0.3 is 5.97 Å². The molecule has 0 aliphatic rings. The number of nitrogens with one attached hydrogen (secondary N) is 11. The topological polar surface area (TPSA) is 538 Å². The van der Waals surface area contributed by atoms with E-state index in [-0.39, 0.29) is 44.1 Å². The Morgan fingerprint density at radius 1 is 0.590 bits per heavy atom. The highest BCUT2D eigenvalue weighted by Gasteiger charge is 2.35. The van der Waals surface area contributed by atoms with Gasteiger partial charge in [-0.05, 0) is 63.0 Å². The summed E-state index contributed by atoms with van der Waals surface area (Å²) in [7, 11) is 0. The van der Waals surface area contributed by atoms with E-state index in [2.05, 4.69) is 63.1 Å². The van der Waals surface area contributed by atoms with E-state index in [4.69, 9.17) is 22.9 Å². The Morgan fingerprint density at radius 3 is 1.64 bits per heavy atom. The first-order valence-electron chi connectivity index (χ1n) is 26.8. The Labute approximate surface area is 478 Å². The smallest absolute Gasteiger partial charge is 0.325 e. The van der Waals surface area contributed by atoms with Crippen LogP contribution >= 0.6 is 0 Å². The fourth-order valence-corrected chi connectivity index (χ4v) is 7.85. The number of H-pyrrole nitrogens is 1. The number of primary amides is 1. The molecule has 0 unspecified atom stereocenters. The highest BCUT2D eigenvalue weighted by molar-refractivity contribution is 5.99. The van der Waals surface area contributed by atoms with Gasteiger partial charge in [0, 0.05) is 36.5 Å². The van der Waals surface area contributed by atoms with Crippen molar-refractivity contribution in [2.75, 3.05) is 32.9 Å². The lowest BCUT2D eigenvalue weighted by Crippen LogP contribution is -2.61. The molecule has 1 heterocycles. The molecular formula is C51H82N16O16. The van der Waals surface area contributed by atoms with Crippen LogP contribution in [0.1, 0.15) is 85.6 Å². The number of aliphatic hydroxyl groups is 3. The van der Waals surface area contributed by atoms with Crippen molar-refractivity contribution in [1.82, 2.24) is 58.2 Å². The number of nitrogens with two attached hydrogens (primary N) is 4. The average molecular weight is 1180 g/mol. The molecule has 462 valence electrons. The minimum Gasteiger partial charge on any atom is -0.480 e. The van der Waals surface area contributed by atoms with Crippen molar-refractivity contribution in [3.8, 4) is 0 Å². The number of aromatic amines is 1. The summed E-state index contributed by atoms with van der Waals surface area (Å²) in [5.41, 5.74) is 22.9. The molecule has 0 radical (unpaired) electrons. The number of carboxylic acids is 1. The highest BCUT2D eigenvalue weighted by Crippen LogP contribution is 2.20. The van der Waals surface area contributed by atoms with E-state index in [0.29, 0.717) is 22.9 Å². The fraction of sp³-hybridized carbons (Fsp3) is 0.588. The molecule has 32 nitrogen and oxygen atoms in total. The quantitative estimate of drug-likeness (QED) is 0.0170. The van der Waals surface area contributed by atoms with Gasteiger partial charge in [-0.15, -0.1) is 0 Å². The third-order valence-electron chi connectivity index (χ3n) is 12.9. The minimum atomic E-state index is -1.82. The number of guanidine groups is 1. The van der Waals surface area contributed by atoms with Gasteiger partial charge in [-0.3, -0.25) is 62.5 Å². The van der Waals surface area contributed by atoms with Gasteiger partial charge in [0.05, 0.1) is 32.4 Å². The number of aliphatic imine (C=N–C) groups is 1.